The van der Waals surface area contributed by atoms with E-state index in [1.165, 1.54) is 34.5 Å². The monoisotopic (exact) mass is 465 g/mol. The first-order valence-electron chi connectivity index (χ1n) is 8.30. The second kappa shape index (κ2) is 11.7. The number of fused-ring (bicyclic) bond motifs is 1. The normalized spacial score (nSPS) is 10.5. The molecule has 1 aromatic heterocycles. The molecule has 0 aliphatic heterocycles. The maximum Gasteiger partial charge on any atom is 1.00 e. The van der Waals surface area contributed by atoms with Gasteiger partial charge in [0.2, 0.25) is 5.75 Å². The maximum absolute atomic E-state index is 11.0. The van der Waals surface area contributed by atoms with E-state index in [-0.39, 0.29) is 70.6 Å². The molecule has 0 unspecified atom stereocenters. The minimum Gasteiger partial charge on any atom is -0.780 e. The van der Waals surface area contributed by atoms with E-state index in [1.807, 2.05) is 0 Å². The van der Waals surface area contributed by atoms with Gasteiger partial charge in [0.15, 0.2) is 23.0 Å². The summed E-state index contributed by atoms with van der Waals surface area (Å²) < 4.78 is 36.9. The second-order valence-electron chi connectivity index (χ2n) is 5.84. The van der Waals surface area contributed by atoms with Crippen molar-refractivity contribution in [2.24, 2.45) is 0 Å². The minimum atomic E-state index is -5.25. The zero-order valence-electron chi connectivity index (χ0n) is 18.1. The fourth-order valence-electron chi connectivity index (χ4n) is 2.98. The molecule has 0 N–H and O–H groups in total. The van der Waals surface area contributed by atoms with E-state index in [1.54, 1.807) is 30.5 Å². The molecule has 0 saturated heterocycles. The standard InChI is InChI=1S/C19H20NO8P.2Na/c1-24-14-10-13-11(7-15(14)28-29(21,22)23)5-6-20-18(13)12-8-16(25-2)19(27-4)17(9-12)26-3;;/h5-10H,1-4H3,(H2,21,22,23);;/q;2*+1/p-2. The Hall–Kier alpha value is -1.00. The number of benzene rings is 2. The molecule has 0 radical (unpaired) electrons. The molecule has 0 aliphatic carbocycles. The van der Waals surface area contributed by atoms with Gasteiger partial charge in [-0.1, -0.05) is 0 Å². The van der Waals surface area contributed by atoms with Gasteiger partial charge in [0.05, 0.1) is 34.1 Å². The van der Waals surface area contributed by atoms with Crippen LogP contribution in [-0.2, 0) is 4.57 Å². The van der Waals surface area contributed by atoms with Crippen LogP contribution in [0.1, 0.15) is 0 Å². The molecular formula is C19H18NNa2O8P. The molecule has 0 aliphatic rings. The van der Waals surface area contributed by atoms with Gasteiger partial charge in [0, 0.05) is 17.1 Å². The first-order chi connectivity index (χ1) is 13.8. The summed E-state index contributed by atoms with van der Waals surface area (Å²) >= 11 is 0. The number of nitrogens with zero attached hydrogens (tertiary/aromatic N) is 1. The molecule has 0 saturated carbocycles. The largest absolute Gasteiger partial charge is 1.00 e. The van der Waals surface area contributed by atoms with Crippen LogP contribution in [0.4, 0.5) is 0 Å². The summed E-state index contributed by atoms with van der Waals surface area (Å²) in [6.07, 6.45) is 1.55. The molecule has 0 fully saturated rings. The van der Waals surface area contributed by atoms with Gasteiger partial charge in [0.1, 0.15) is 7.82 Å². The molecule has 0 amide bonds. The number of ether oxygens (including phenoxy) is 4. The number of methoxy groups -OCH3 is 4. The van der Waals surface area contributed by atoms with E-state index in [0.717, 1.165) is 0 Å². The molecule has 0 bridgehead atoms. The van der Waals surface area contributed by atoms with E-state index in [4.69, 9.17) is 18.9 Å². The molecule has 9 nitrogen and oxygen atoms in total. The minimum absolute atomic E-state index is 0. The van der Waals surface area contributed by atoms with Crippen LogP contribution in [0.2, 0.25) is 0 Å². The summed E-state index contributed by atoms with van der Waals surface area (Å²) in [6.45, 7) is 0. The van der Waals surface area contributed by atoms with Crippen LogP contribution < -0.4 is 92.4 Å². The van der Waals surface area contributed by atoms with Crippen molar-refractivity contribution >= 4 is 18.6 Å². The predicted octanol–water partition coefficient (Wildman–Crippen LogP) is -3.85. The average Bonchev–Trinajstić information content (AvgIpc) is 2.70. The fourth-order valence-corrected chi connectivity index (χ4v) is 3.36. The Bertz CT molecular complexity index is 1080. The van der Waals surface area contributed by atoms with Crippen molar-refractivity contribution in [2.75, 3.05) is 28.4 Å². The van der Waals surface area contributed by atoms with Crippen LogP contribution in [-0.4, -0.2) is 33.4 Å². The Labute approximate surface area is 223 Å². The molecule has 3 rings (SSSR count). The van der Waals surface area contributed by atoms with Crippen molar-refractivity contribution in [2.45, 2.75) is 0 Å². The second-order valence-corrected chi connectivity index (χ2v) is 6.91. The van der Waals surface area contributed by atoms with Gasteiger partial charge in [-0.3, -0.25) is 4.98 Å². The SMILES string of the molecule is COc1cc2c(-c3cc(OC)c(OC)c(OC)c3)nccc2cc1OP(=O)([O-])[O-].[Na+].[Na+]. The van der Waals surface area contributed by atoms with Crippen LogP contribution in [0.3, 0.4) is 0 Å². The van der Waals surface area contributed by atoms with Gasteiger partial charge in [0.25, 0.3) is 0 Å². The van der Waals surface area contributed by atoms with Gasteiger partial charge in [-0.2, -0.15) is 0 Å². The Morgan fingerprint density at radius 3 is 1.87 bits per heavy atom. The van der Waals surface area contributed by atoms with E-state index in [0.29, 0.717) is 39.3 Å². The van der Waals surface area contributed by atoms with E-state index < -0.39 is 7.82 Å². The Balaban J connectivity index is 0.00000240. The molecule has 3 aromatic rings. The van der Waals surface area contributed by atoms with Crippen LogP contribution in [0, 0.1) is 0 Å². The number of phosphoric ester groups is 1. The third-order valence-electron chi connectivity index (χ3n) is 4.20. The Morgan fingerprint density at radius 1 is 0.806 bits per heavy atom. The first kappa shape index (κ1) is 28.0. The molecule has 154 valence electrons. The molecular weight excluding hydrogens is 447 g/mol. The van der Waals surface area contributed by atoms with Gasteiger partial charge in [-0.05, 0) is 35.7 Å². The van der Waals surface area contributed by atoms with Crippen molar-refractivity contribution < 1.29 is 96.9 Å². The number of pyridine rings is 1. The average molecular weight is 465 g/mol. The molecule has 31 heavy (non-hydrogen) atoms. The van der Waals surface area contributed by atoms with E-state index in [2.05, 4.69) is 9.51 Å². The van der Waals surface area contributed by atoms with Gasteiger partial charge < -0.3 is 37.8 Å². The predicted molar refractivity (Wildman–Crippen MR) is 102 cm³/mol. The summed E-state index contributed by atoms with van der Waals surface area (Å²) in [6, 6.07) is 8.09. The summed E-state index contributed by atoms with van der Waals surface area (Å²) in [4.78, 5) is 26.5. The smallest absolute Gasteiger partial charge is 0.780 e. The third kappa shape index (κ3) is 6.28. The van der Waals surface area contributed by atoms with Gasteiger partial charge in [-0.15, -0.1) is 0 Å². The molecule has 12 heteroatoms. The van der Waals surface area contributed by atoms with Crippen molar-refractivity contribution in [1.29, 1.82) is 0 Å². The molecule has 0 atom stereocenters. The van der Waals surface area contributed by atoms with Gasteiger partial charge >= 0.3 is 59.1 Å². The van der Waals surface area contributed by atoms with Crippen molar-refractivity contribution in [3.63, 3.8) is 0 Å². The zero-order chi connectivity index (χ0) is 21.2. The Morgan fingerprint density at radius 2 is 1.39 bits per heavy atom. The van der Waals surface area contributed by atoms with Gasteiger partial charge in [-0.25, -0.2) is 0 Å². The Kier molecular flexibility index (Phi) is 10.6. The third-order valence-corrected chi connectivity index (χ3v) is 4.62. The van der Waals surface area contributed by atoms with Crippen molar-refractivity contribution in [1.82, 2.24) is 4.98 Å². The zero-order valence-corrected chi connectivity index (χ0v) is 23.0. The number of rotatable bonds is 7. The van der Waals surface area contributed by atoms with E-state index in [9.17, 15) is 14.4 Å². The number of hydrogen-bond acceptors (Lipinski definition) is 9. The van der Waals surface area contributed by atoms with Crippen molar-refractivity contribution in [3.05, 3.63) is 36.5 Å². The molecule has 0 spiro atoms. The van der Waals surface area contributed by atoms with Crippen molar-refractivity contribution in [3.8, 4) is 40.0 Å². The number of phosphoric acid groups is 1. The van der Waals surface area contributed by atoms with Crippen LogP contribution in [0.5, 0.6) is 28.7 Å². The summed E-state index contributed by atoms with van der Waals surface area (Å²) in [5.41, 5.74) is 1.22. The first-order valence-corrected chi connectivity index (χ1v) is 9.76. The molecule has 1 heterocycles. The summed E-state index contributed by atoms with van der Waals surface area (Å²) in [5, 5.41) is 1.23. The molecule has 2 aromatic carbocycles. The summed E-state index contributed by atoms with van der Waals surface area (Å²) in [7, 11) is 0.613. The maximum atomic E-state index is 11.0. The van der Waals surface area contributed by atoms with Crippen LogP contribution in [0.25, 0.3) is 22.0 Å². The summed E-state index contributed by atoms with van der Waals surface area (Å²) in [5.74, 6) is 1.22. The van der Waals surface area contributed by atoms with Crippen LogP contribution >= 0.6 is 7.82 Å². The number of hydrogen-bond donors (Lipinski definition) is 0. The number of aromatic nitrogens is 1. The fraction of sp³-hybridized carbons (Fsp3) is 0.211. The van der Waals surface area contributed by atoms with E-state index >= 15 is 0 Å². The quantitative estimate of drug-likeness (QED) is 0.255. The van der Waals surface area contributed by atoms with Crippen LogP contribution in [0.15, 0.2) is 36.5 Å². The topological polar surface area (TPSA) is 122 Å².